The highest BCUT2D eigenvalue weighted by molar-refractivity contribution is 5.94. The van der Waals surface area contributed by atoms with Crippen LogP contribution in [0.25, 0.3) is 0 Å². The summed E-state index contributed by atoms with van der Waals surface area (Å²) in [5.74, 6) is 5.77. The highest BCUT2D eigenvalue weighted by atomic mass is 19.4. The number of fused-ring (bicyclic) bond motifs is 1. The molecular weight excluding hydrogens is 505 g/mol. The molecule has 3 fully saturated rings. The first-order valence-corrected chi connectivity index (χ1v) is 13.6. The van der Waals surface area contributed by atoms with Crippen molar-refractivity contribution in [1.29, 1.82) is 0 Å². The third kappa shape index (κ3) is 5.66. The maximum atomic E-state index is 12.8. The third-order valence-electron chi connectivity index (χ3n) is 9.13. The highest BCUT2D eigenvalue weighted by Crippen LogP contribution is 2.55. The van der Waals surface area contributed by atoms with Crippen molar-refractivity contribution in [3.63, 3.8) is 0 Å². The number of alkyl halides is 3. The van der Waals surface area contributed by atoms with E-state index >= 15 is 0 Å². The summed E-state index contributed by atoms with van der Waals surface area (Å²) in [6, 6.07) is 11.7. The topological polar surface area (TPSA) is 58.6 Å². The number of phenolic OH excluding ortho intramolecular Hbond substituents is 1. The summed E-state index contributed by atoms with van der Waals surface area (Å²) in [4.78, 5) is 12.8. The monoisotopic (exact) mass is 541 g/mol. The standard InChI is InChI=1S/C31H35F3N2O3/c1-36(20-23-6-7-23)17-16-29(25-4-3-5-27(37)18-25)19-26(14-15-30(29,21-36)39-2)35-28(38)13-10-22-8-11-24(12-9-22)31(32,33)34/h3-5,8-9,11-12,18,23,26H,6-7,14-17,19-21H2,1-2H3,(H-,35,37,38)/p+1/t26-,29+,30?,36-/m1/s1. The maximum absolute atomic E-state index is 12.8. The Balaban J connectivity index is 1.37. The molecule has 4 atom stereocenters. The highest BCUT2D eigenvalue weighted by Gasteiger charge is 2.63. The van der Waals surface area contributed by atoms with Gasteiger partial charge in [0.15, 0.2) is 0 Å². The Morgan fingerprint density at radius 2 is 1.90 bits per heavy atom. The van der Waals surface area contributed by atoms with Crippen LogP contribution in [0.4, 0.5) is 13.2 Å². The minimum atomic E-state index is -4.42. The summed E-state index contributed by atoms with van der Waals surface area (Å²) >= 11 is 0. The number of hydrogen-bond donors (Lipinski definition) is 2. The molecule has 1 heterocycles. The predicted molar refractivity (Wildman–Crippen MR) is 142 cm³/mol. The lowest BCUT2D eigenvalue weighted by molar-refractivity contribution is -0.925. The number of methoxy groups -OCH3 is 1. The van der Waals surface area contributed by atoms with Crippen molar-refractivity contribution < 1.29 is 32.3 Å². The average Bonchev–Trinajstić information content (AvgIpc) is 3.71. The van der Waals surface area contributed by atoms with Gasteiger partial charge < -0.3 is 19.6 Å². The van der Waals surface area contributed by atoms with Crippen LogP contribution in [0, 0.1) is 17.8 Å². The van der Waals surface area contributed by atoms with Gasteiger partial charge in [-0.25, -0.2) is 0 Å². The average molecular weight is 542 g/mol. The molecule has 1 saturated heterocycles. The molecule has 2 aromatic rings. The van der Waals surface area contributed by atoms with E-state index < -0.39 is 28.7 Å². The zero-order chi connectivity index (χ0) is 27.9. The third-order valence-corrected chi connectivity index (χ3v) is 9.13. The van der Waals surface area contributed by atoms with Gasteiger partial charge in [0.05, 0.1) is 25.7 Å². The van der Waals surface area contributed by atoms with E-state index in [1.807, 2.05) is 12.1 Å². The van der Waals surface area contributed by atoms with Gasteiger partial charge in [-0.1, -0.05) is 18.1 Å². The van der Waals surface area contributed by atoms with Gasteiger partial charge in [0, 0.05) is 42.4 Å². The van der Waals surface area contributed by atoms with Crippen LogP contribution in [0.5, 0.6) is 5.75 Å². The number of likely N-dealkylation sites (N-methyl/N-ethyl adjacent to an activating group) is 1. The van der Waals surface area contributed by atoms with Gasteiger partial charge >= 0.3 is 6.18 Å². The lowest BCUT2D eigenvalue weighted by Crippen LogP contribution is -2.72. The molecule has 0 aromatic heterocycles. The Bertz CT molecular complexity index is 1280. The molecule has 5 nitrogen and oxygen atoms in total. The predicted octanol–water partition coefficient (Wildman–Crippen LogP) is 5.01. The summed E-state index contributed by atoms with van der Waals surface area (Å²) in [5.41, 5.74) is -0.208. The molecule has 1 aliphatic heterocycles. The number of phenols is 1. The van der Waals surface area contributed by atoms with E-state index in [4.69, 9.17) is 4.74 Å². The Morgan fingerprint density at radius 1 is 1.15 bits per heavy atom. The summed E-state index contributed by atoms with van der Waals surface area (Å²) in [7, 11) is 4.12. The van der Waals surface area contributed by atoms with Crippen LogP contribution in [0.2, 0.25) is 0 Å². The second kappa shape index (κ2) is 10.2. The quantitative estimate of drug-likeness (QED) is 0.413. The first kappa shape index (κ1) is 27.5. The fraction of sp³-hybridized carbons (Fsp3) is 0.516. The van der Waals surface area contributed by atoms with E-state index in [9.17, 15) is 23.1 Å². The van der Waals surface area contributed by atoms with E-state index in [0.29, 0.717) is 12.0 Å². The Kier molecular flexibility index (Phi) is 7.19. The van der Waals surface area contributed by atoms with Crippen molar-refractivity contribution >= 4 is 5.91 Å². The lowest BCUT2D eigenvalue weighted by Gasteiger charge is -2.61. The molecule has 0 radical (unpaired) electrons. The fourth-order valence-electron chi connectivity index (χ4n) is 7.06. The number of carbonyl (C=O) groups is 1. The van der Waals surface area contributed by atoms with Crippen LogP contribution < -0.4 is 5.32 Å². The van der Waals surface area contributed by atoms with Crippen LogP contribution >= 0.6 is 0 Å². The van der Waals surface area contributed by atoms with Crippen molar-refractivity contribution in [1.82, 2.24) is 5.32 Å². The number of amides is 1. The van der Waals surface area contributed by atoms with Crippen molar-refractivity contribution in [2.45, 2.75) is 61.8 Å². The Hall–Kier alpha value is -3.02. The number of quaternary nitrogens is 1. The number of hydrogen-bond acceptors (Lipinski definition) is 3. The van der Waals surface area contributed by atoms with Crippen LogP contribution in [0.1, 0.15) is 55.2 Å². The fourth-order valence-corrected chi connectivity index (χ4v) is 7.06. The number of nitrogens with one attached hydrogen (secondary N) is 1. The molecule has 208 valence electrons. The van der Waals surface area contributed by atoms with E-state index in [1.54, 1.807) is 13.2 Å². The minimum absolute atomic E-state index is 0.148. The SMILES string of the molecule is COC12CC[C@@H](NC(=O)C#Cc3ccc(C(F)(F)F)cc3)C[C@]1(c1cccc(O)c1)CC[N@+](C)(CC1CC1)C2. The number of aromatic hydroxyl groups is 1. The van der Waals surface area contributed by atoms with Crippen LogP contribution in [-0.2, 0) is 21.1 Å². The van der Waals surface area contributed by atoms with Gasteiger partial charge in [0.1, 0.15) is 17.9 Å². The number of piperidine rings is 1. The molecule has 0 bridgehead atoms. The number of rotatable bonds is 5. The molecule has 1 amide bonds. The summed E-state index contributed by atoms with van der Waals surface area (Å²) in [6.07, 6.45) is 1.19. The normalized spacial score (nSPS) is 30.5. The largest absolute Gasteiger partial charge is 0.508 e. The summed E-state index contributed by atoms with van der Waals surface area (Å²) in [5, 5.41) is 13.4. The molecular formula is C31H36F3N2O3+. The number of benzene rings is 2. The number of ether oxygens (including phenoxy) is 1. The minimum Gasteiger partial charge on any atom is -0.508 e. The Labute approximate surface area is 227 Å². The number of carbonyl (C=O) groups excluding carboxylic acids is 1. The number of halogens is 3. The zero-order valence-corrected chi connectivity index (χ0v) is 22.5. The molecule has 5 rings (SSSR count). The van der Waals surface area contributed by atoms with E-state index in [1.165, 1.54) is 25.0 Å². The molecule has 2 aromatic carbocycles. The first-order valence-electron chi connectivity index (χ1n) is 13.6. The molecule has 8 heteroatoms. The molecule has 2 saturated carbocycles. The van der Waals surface area contributed by atoms with E-state index in [-0.39, 0.29) is 11.8 Å². The van der Waals surface area contributed by atoms with Gasteiger partial charge in [-0.2, -0.15) is 13.2 Å². The van der Waals surface area contributed by atoms with Gasteiger partial charge in [-0.3, -0.25) is 4.79 Å². The summed E-state index contributed by atoms with van der Waals surface area (Å²) < 4.78 is 45.9. The van der Waals surface area contributed by atoms with Crippen molar-refractivity contribution in [3.8, 4) is 17.6 Å². The first-order chi connectivity index (χ1) is 18.5. The molecule has 1 unspecified atom stereocenters. The van der Waals surface area contributed by atoms with Gasteiger partial charge in [0.2, 0.25) is 0 Å². The van der Waals surface area contributed by atoms with Crippen LogP contribution in [-0.4, -0.2) is 60.9 Å². The van der Waals surface area contributed by atoms with Gasteiger partial charge in [-0.05, 0) is 74.1 Å². The van der Waals surface area contributed by atoms with Crippen molar-refractivity contribution in [2.75, 3.05) is 33.8 Å². The van der Waals surface area contributed by atoms with Crippen molar-refractivity contribution in [2.24, 2.45) is 5.92 Å². The molecule has 2 aliphatic carbocycles. The number of nitrogens with zero attached hydrogens (tertiary/aromatic N) is 1. The molecule has 39 heavy (non-hydrogen) atoms. The zero-order valence-electron chi connectivity index (χ0n) is 22.5. The summed E-state index contributed by atoms with van der Waals surface area (Å²) in [6.45, 7) is 3.02. The van der Waals surface area contributed by atoms with Crippen molar-refractivity contribution in [3.05, 3.63) is 65.2 Å². The van der Waals surface area contributed by atoms with Gasteiger partial charge in [-0.15, -0.1) is 0 Å². The van der Waals surface area contributed by atoms with Crippen LogP contribution in [0.15, 0.2) is 48.5 Å². The lowest BCUT2D eigenvalue weighted by atomic mass is 9.54. The second-order valence-corrected chi connectivity index (χ2v) is 11.9. The van der Waals surface area contributed by atoms with Crippen LogP contribution in [0.3, 0.4) is 0 Å². The molecule has 0 spiro atoms. The van der Waals surface area contributed by atoms with E-state index in [2.05, 4.69) is 30.3 Å². The number of likely N-dealkylation sites (tertiary alicyclic amines) is 1. The molecule has 3 aliphatic rings. The molecule has 2 N–H and O–H groups in total. The Morgan fingerprint density at radius 3 is 2.54 bits per heavy atom. The van der Waals surface area contributed by atoms with E-state index in [0.717, 1.165) is 67.0 Å². The maximum Gasteiger partial charge on any atom is 0.416 e. The van der Waals surface area contributed by atoms with Gasteiger partial charge in [0.25, 0.3) is 5.91 Å². The second-order valence-electron chi connectivity index (χ2n) is 11.9. The smallest absolute Gasteiger partial charge is 0.416 e.